The lowest BCUT2D eigenvalue weighted by molar-refractivity contribution is 0.413. The van der Waals surface area contributed by atoms with Crippen LogP contribution in [-0.4, -0.2) is 12.1 Å². The Bertz CT molecular complexity index is 650. The van der Waals surface area contributed by atoms with Crippen molar-refractivity contribution in [1.29, 1.82) is 5.26 Å². The van der Waals surface area contributed by atoms with Gasteiger partial charge in [0, 0.05) is 12.3 Å². The van der Waals surface area contributed by atoms with E-state index in [2.05, 4.69) is 16.4 Å². The van der Waals surface area contributed by atoms with Crippen molar-refractivity contribution < 1.29 is 9.13 Å². The van der Waals surface area contributed by atoms with Gasteiger partial charge in [-0.15, -0.1) is 0 Å². The minimum Gasteiger partial charge on any atom is -0.494 e. The molecule has 0 unspecified atom stereocenters. The molecule has 0 spiro atoms. The number of hydrogen-bond acceptors (Lipinski definition) is 4. The van der Waals surface area contributed by atoms with Crippen molar-refractivity contribution >= 4 is 11.5 Å². The molecule has 0 saturated heterocycles. The smallest absolute Gasteiger partial charge is 0.148 e. The molecule has 0 bridgehead atoms. The van der Waals surface area contributed by atoms with Gasteiger partial charge in [0.05, 0.1) is 18.4 Å². The van der Waals surface area contributed by atoms with Crippen LogP contribution in [0.3, 0.4) is 0 Å². The summed E-state index contributed by atoms with van der Waals surface area (Å²) in [6.45, 7) is 1.83. The summed E-state index contributed by atoms with van der Waals surface area (Å²) in [4.78, 5) is 4.12. The second-order valence-electron chi connectivity index (χ2n) is 3.93. The highest BCUT2D eigenvalue weighted by Crippen LogP contribution is 2.29. The van der Waals surface area contributed by atoms with Crippen molar-refractivity contribution in [3.8, 4) is 11.8 Å². The average Bonchev–Trinajstić information content (AvgIpc) is 2.41. The third-order valence-corrected chi connectivity index (χ3v) is 2.69. The second kappa shape index (κ2) is 5.36. The van der Waals surface area contributed by atoms with Crippen molar-refractivity contribution in [3.05, 3.63) is 47.4 Å². The quantitative estimate of drug-likeness (QED) is 0.917. The third-order valence-electron chi connectivity index (χ3n) is 2.69. The van der Waals surface area contributed by atoms with E-state index in [1.807, 2.05) is 6.92 Å². The van der Waals surface area contributed by atoms with Gasteiger partial charge in [-0.05, 0) is 30.7 Å². The minimum absolute atomic E-state index is 0.354. The van der Waals surface area contributed by atoms with E-state index in [1.54, 1.807) is 18.3 Å². The number of nitrogens with zero attached hydrogens (tertiary/aromatic N) is 2. The lowest BCUT2D eigenvalue weighted by atomic mass is 10.1. The van der Waals surface area contributed by atoms with Crippen LogP contribution in [0.4, 0.5) is 15.9 Å². The number of benzene rings is 1. The van der Waals surface area contributed by atoms with Crippen LogP contribution in [0, 0.1) is 24.1 Å². The molecule has 4 nitrogen and oxygen atoms in total. The molecule has 1 N–H and O–H groups in total. The number of methoxy groups -OCH3 is 1. The lowest BCUT2D eigenvalue weighted by Gasteiger charge is -2.12. The fraction of sp³-hybridized carbons (Fsp3) is 0.143. The van der Waals surface area contributed by atoms with Crippen molar-refractivity contribution in [1.82, 2.24) is 4.98 Å². The molecule has 0 amide bonds. The summed E-state index contributed by atoms with van der Waals surface area (Å²) in [7, 11) is 1.45. The van der Waals surface area contributed by atoms with Gasteiger partial charge in [-0.25, -0.2) is 9.37 Å². The van der Waals surface area contributed by atoms with Crippen LogP contribution in [-0.2, 0) is 0 Å². The Hall–Kier alpha value is -2.61. The second-order valence-corrected chi connectivity index (χ2v) is 3.93. The maximum atomic E-state index is 13.1. The first kappa shape index (κ1) is 12.8. The van der Waals surface area contributed by atoms with Crippen molar-refractivity contribution in [2.45, 2.75) is 6.92 Å². The molecule has 0 aliphatic heterocycles. The van der Waals surface area contributed by atoms with E-state index in [0.29, 0.717) is 22.8 Å². The van der Waals surface area contributed by atoms with Crippen LogP contribution >= 0.6 is 0 Å². The molecule has 19 heavy (non-hydrogen) atoms. The number of halogens is 1. The number of rotatable bonds is 3. The lowest BCUT2D eigenvalue weighted by Crippen LogP contribution is -2.00. The average molecular weight is 257 g/mol. The van der Waals surface area contributed by atoms with Gasteiger partial charge in [0.1, 0.15) is 23.5 Å². The number of hydrogen-bond donors (Lipinski definition) is 1. The molecule has 0 aliphatic rings. The monoisotopic (exact) mass is 257 g/mol. The van der Waals surface area contributed by atoms with Gasteiger partial charge < -0.3 is 10.1 Å². The molecule has 5 heteroatoms. The molecule has 1 aromatic carbocycles. The Kier molecular flexibility index (Phi) is 3.62. The maximum Gasteiger partial charge on any atom is 0.148 e. The van der Waals surface area contributed by atoms with Gasteiger partial charge in [-0.1, -0.05) is 0 Å². The highest BCUT2D eigenvalue weighted by atomic mass is 19.1. The molecule has 2 aromatic rings. The molecule has 0 fully saturated rings. The summed E-state index contributed by atoms with van der Waals surface area (Å²) < 4.78 is 18.2. The van der Waals surface area contributed by atoms with E-state index in [4.69, 9.17) is 10.00 Å². The topological polar surface area (TPSA) is 57.9 Å². The van der Waals surface area contributed by atoms with E-state index < -0.39 is 0 Å². The summed E-state index contributed by atoms with van der Waals surface area (Å²) >= 11 is 0. The number of nitriles is 1. The summed E-state index contributed by atoms with van der Waals surface area (Å²) in [5.41, 5.74) is 1.83. The SMILES string of the molecule is COc1cc(F)ccc1Nc1nccc(C)c1C#N. The molecule has 0 radical (unpaired) electrons. The Morgan fingerprint density at radius 2 is 2.16 bits per heavy atom. The van der Waals surface area contributed by atoms with E-state index in [1.165, 1.54) is 19.2 Å². The maximum absolute atomic E-state index is 13.1. The summed E-state index contributed by atoms with van der Waals surface area (Å²) in [5, 5.41) is 12.1. The predicted octanol–water partition coefficient (Wildman–Crippen LogP) is 3.15. The van der Waals surface area contributed by atoms with E-state index >= 15 is 0 Å². The van der Waals surface area contributed by atoms with Crippen LogP contribution in [0.25, 0.3) is 0 Å². The Morgan fingerprint density at radius 1 is 1.37 bits per heavy atom. The number of anilines is 2. The zero-order valence-electron chi connectivity index (χ0n) is 10.6. The molecule has 1 aromatic heterocycles. The third kappa shape index (κ3) is 2.63. The van der Waals surface area contributed by atoms with Gasteiger partial charge >= 0.3 is 0 Å². The zero-order valence-corrected chi connectivity index (χ0v) is 10.6. The molecule has 0 saturated carbocycles. The van der Waals surface area contributed by atoms with E-state index in [9.17, 15) is 4.39 Å². The number of ether oxygens (including phenoxy) is 1. The largest absolute Gasteiger partial charge is 0.494 e. The normalized spacial score (nSPS) is 9.79. The number of pyridine rings is 1. The van der Waals surface area contributed by atoms with E-state index in [0.717, 1.165) is 5.56 Å². The summed E-state index contributed by atoms with van der Waals surface area (Å²) in [6.07, 6.45) is 1.61. The molecular weight excluding hydrogens is 245 g/mol. The summed E-state index contributed by atoms with van der Waals surface area (Å²) in [6, 6.07) is 7.97. The van der Waals surface area contributed by atoms with Crippen LogP contribution in [0.15, 0.2) is 30.5 Å². The van der Waals surface area contributed by atoms with Crippen molar-refractivity contribution in [2.75, 3.05) is 12.4 Å². The van der Waals surface area contributed by atoms with Gasteiger partial charge in [0.15, 0.2) is 0 Å². The van der Waals surface area contributed by atoms with Gasteiger partial charge in [-0.2, -0.15) is 5.26 Å². The first-order chi connectivity index (χ1) is 9.15. The first-order valence-corrected chi connectivity index (χ1v) is 5.62. The number of aryl methyl sites for hydroxylation is 1. The Balaban J connectivity index is 2.42. The molecule has 1 heterocycles. The zero-order chi connectivity index (χ0) is 13.8. The van der Waals surface area contributed by atoms with Gasteiger partial charge in [0.2, 0.25) is 0 Å². The van der Waals surface area contributed by atoms with Crippen LogP contribution in [0.1, 0.15) is 11.1 Å². The number of aromatic nitrogens is 1. The Labute approximate surface area is 110 Å². The molecule has 96 valence electrons. The molecule has 2 rings (SSSR count). The highest BCUT2D eigenvalue weighted by Gasteiger charge is 2.10. The van der Waals surface area contributed by atoms with Crippen LogP contribution in [0.2, 0.25) is 0 Å². The minimum atomic E-state index is -0.389. The van der Waals surface area contributed by atoms with Crippen LogP contribution in [0.5, 0.6) is 5.75 Å². The molecular formula is C14H12FN3O. The fourth-order valence-corrected chi connectivity index (χ4v) is 1.69. The van der Waals surface area contributed by atoms with E-state index in [-0.39, 0.29) is 5.82 Å². The van der Waals surface area contributed by atoms with Crippen molar-refractivity contribution in [2.24, 2.45) is 0 Å². The summed E-state index contributed by atoms with van der Waals surface area (Å²) in [5.74, 6) is 0.389. The first-order valence-electron chi connectivity index (χ1n) is 5.62. The highest BCUT2D eigenvalue weighted by molar-refractivity contribution is 5.68. The number of nitrogens with one attached hydrogen (secondary N) is 1. The predicted molar refractivity (Wildman–Crippen MR) is 69.9 cm³/mol. The fourth-order valence-electron chi connectivity index (χ4n) is 1.69. The Morgan fingerprint density at radius 3 is 2.84 bits per heavy atom. The van der Waals surface area contributed by atoms with Gasteiger partial charge in [-0.3, -0.25) is 0 Å². The van der Waals surface area contributed by atoms with Crippen molar-refractivity contribution in [3.63, 3.8) is 0 Å². The van der Waals surface area contributed by atoms with Crippen LogP contribution < -0.4 is 10.1 Å². The molecule has 0 aliphatic carbocycles. The standard InChI is InChI=1S/C14H12FN3O/c1-9-5-6-17-14(11(9)8-16)18-12-4-3-10(15)7-13(12)19-2/h3-7H,1-2H3,(H,17,18). The van der Waals surface area contributed by atoms with Gasteiger partial charge in [0.25, 0.3) is 0 Å². The molecule has 0 atom stereocenters.